The fraction of sp³-hybridized carbons (Fsp3) is 0.200. The third kappa shape index (κ3) is 4.57. The van der Waals surface area contributed by atoms with Crippen LogP contribution in [0.1, 0.15) is 22.8 Å². The van der Waals surface area contributed by atoms with Gasteiger partial charge in [0.2, 0.25) is 0 Å². The van der Waals surface area contributed by atoms with E-state index in [1.54, 1.807) is 26.2 Å². The summed E-state index contributed by atoms with van der Waals surface area (Å²) in [6, 6.07) is 12.9. The maximum Gasteiger partial charge on any atom is 0.341 e. The quantitative estimate of drug-likeness (QED) is 0.616. The van der Waals surface area contributed by atoms with E-state index in [1.807, 2.05) is 35.7 Å². The van der Waals surface area contributed by atoms with Gasteiger partial charge in [-0.15, -0.1) is 11.3 Å². The van der Waals surface area contributed by atoms with E-state index in [0.29, 0.717) is 28.7 Å². The van der Waals surface area contributed by atoms with E-state index in [9.17, 15) is 4.79 Å². The van der Waals surface area contributed by atoms with Crippen molar-refractivity contribution in [2.75, 3.05) is 19.5 Å². The maximum absolute atomic E-state index is 12.4. The van der Waals surface area contributed by atoms with Crippen LogP contribution in [-0.2, 0) is 11.3 Å². The molecule has 0 saturated carbocycles. The molecule has 0 atom stereocenters. The summed E-state index contributed by atoms with van der Waals surface area (Å²) < 4.78 is 16.2. The lowest BCUT2D eigenvalue weighted by atomic mass is 10.1. The number of thiazole rings is 1. The number of methoxy groups -OCH3 is 1. The van der Waals surface area contributed by atoms with E-state index in [0.717, 1.165) is 16.9 Å². The lowest BCUT2D eigenvalue weighted by molar-refractivity contribution is 0.0521. The van der Waals surface area contributed by atoms with Crippen molar-refractivity contribution in [3.05, 3.63) is 59.0 Å². The predicted octanol–water partition coefficient (Wildman–Crippen LogP) is 4.16. The molecule has 0 aliphatic carbocycles. The Kier molecular flexibility index (Phi) is 5.93. The van der Waals surface area contributed by atoms with E-state index in [1.165, 1.54) is 11.3 Å². The van der Waals surface area contributed by atoms with E-state index in [4.69, 9.17) is 19.9 Å². The first-order chi connectivity index (χ1) is 13.1. The summed E-state index contributed by atoms with van der Waals surface area (Å²) in [5.41, 5.74) is 8.52. The molecule has 1 heterocycles. The molecule has 6 nitrogen and oxygen atoms in total. The van der Waals surface area contributed by atoms with Crippen molar-refractivity contribution < 1.29 is 19.0 Å². The minimum Gasteiger partial charge on any atom is -0.497 e. The normalized spacial score (nSPS) is 10.4. The van der Waals surface area contributed by atoms with Gasteiger partial charge in [0.05, 0.1) is 19.4 Å². The molecule has 27 heavy (non-hydrogen) atoms. The summed E-state index contributed by atoms with van der Waals surface area (Å²) in [6.07, 6.45) is 0. The van der Waals surface area contributed by atoms with Gasteiger partial charge in [-0.1, -0.05) is 12.1 Å². The van der Waals surface area contributed by atoms with Crippen molar-refractivity contribution >= 4 is 22.4 Å². The van der Waals surface area contributed by atoms with Crippen molar-refractivity contribution in [1.29, 1.82) is 0 Å². The largest absolute Gasteiger partial charge is 0.497 e. The van der Waals surface area contributed by atoms with Gasteiger partial charge < -0.3 is 19.9 Å². The van der Waals surface area contributed by atoms with Crippen LogP contribution >= 0.6 is 11.3 Å². The minimum atomic E-state index is -0.438. The number of nitrogens with two attached hydrogens (primary N) is 1. The second-order valence-electron chi connectivity index (χ2n) is 5.64. The smallest absolute Gasteiger partial charge is 0.341 e. The molecule has 0 unspecified atom stereocenters. The number of hydrogen-bond donors (Lipinski definition) is 1. The van der Waals surface area contributed by atoms with Gasteiger partial charge in [-0.2, -0.15) is 0 Å². The van der Waals surface area contributed by atoms with Gasteiger partial charge in [-0.05, 0) is 42.8 Å². The fourth-order valence-electron chi connectivity index (χ4n) is 2.49. The first-order valence-electron chi connectivity index (χ1n) is 8.39. The third-order valence-corrected chi connectivity index (χ3v) is 4.52. The summed E-state index contributed by atoms with van der Waals surface area (Å²) in [4.78, 5) is 16.6. The van der Waals surface area contributed by atoms with Crippen LogP contribution in [0.4, 0.5) is 5.13 Å². The number of benzene rings is 2. The highest BCUT2D eigenvalue weighted by Gasteiger charge is 2.16. The lowest BCUT2D eigenvalue weighted by Gasteiger charge is -2.12. The van der Waals surface area contributed by atoms with E-state index >= 15 is 0 Å². The van der Waals surface area contributed by atoms with Crippen molar-refractivity contribution in [2.45, 2.75) is 13.5 Å². The highest BCUT2D eigenvalue weighted by molar-refractivity contribution is 7.13. The van der Waals surface area contributed by atoms with Gasteiger partial charge in [-0.3, -0.25) is 0 Å². The summed E-state index contributed by atoms with van der Waals surface area (Å²) in [5.74, 6) is 0.793. The minimum absolute atomic E-state index is 0.282. The molecular weight excluding hydrogens is 364 g/mol. The molecule has 3 rings (SSSR count). The van der Waals surface area contributed by atoms with Gasteiger partial charge in [-0.25, -0.2) is 9.78 Å². The van der Waals surface area contributed by atoms with Crippen LogP contribution in [0.3, 0.4) is 0 Å². The topological polar surface area (TPSA) is 83.7 Å². The third-order valence-electron chi connectivity index (χ3n) is 3.85. The number of carbonyl (C=O) groups excluding carboxylic acids is 1. The molecule has 0 fully saturated rings. The molecule has 0 bridgehead atoms. The fourth-order valence-corrected chi connectivity index (χ4v) is 3.06. The molecule has 3 aromatic rings. The molecular formula is C20H20N2O4S. The van der Waals surface area contributed by atoms with Crippen molar-refractivity contribution in [3.63, 3.8) is 0 Å². The Morgan fingerprint density at radius 2 is 1.96 bits per heavy atom. The molecule has 2 aromatic carbocycles. The predicted molar refractivity (Wildman–Crippen MR) is 105 cm³/mol. The van der Waals surface area contributed by atoms with Crippen LogP contribution in [0.5, 0.6) is 11.5 Å². The SMILES string of the molecule is CCOC(=O)c1cc(-c2csc(N)n2)ccc1OCc1ccc(OC)cc1. The number of carbonyl (C=O) groups is 1. The molecule has 1 aromatic heterocycles. The summed E-state index contributed by atoms with van der Waals surface area (Å²) >= 11 is 1.35. The second kappa shape index (κ2) is 8.55. The molecule has 7 heteroatoms. The maximum atomic E-state index is 12.4. The highest BCUT2D eigenvalue weighted by atomic mass is 32.1. The molecule has 0 spiro atoms. The van der Waals surface area contributed by atoms with Gasteiger partial charge in [0.25, 0.3) is 0 Å². The number of nitrogen functional groups attached to an aromatic ring is 1. The number of anilines is 1. The van der Waals surface area contributed by atoms with Crippen LogP contribution in [0.15, 0.2) is 47.8 Å². The van der Waals surface area contributed by atoms with Crippen LogP contribution < -0.4 is 15.2 Å². The molecule has 0 radical (unpaired) electrons. The Balaban J connectivity index is 1.84. The second-order valence-corrected chi connectivity index (χ2v) is 6.53. The Hall–Kier alpha value is -3.06. The van der Waals surface area contributed by atoms with Crippen LogP contribution in [0.2, 0.25) is 0 Å². The number of aromatic nitrogens is 1. The first kappa shape index (κ1) is 18.7. The average Bonchev–Trinajstić information content (AvgIpc) is 3.13. The molecule has 0 amide bonds. The van der Waals surface area contributed by atoms with Crippen molar-refractivity contribution in [3.8, 4) is 22.8 Å². The number of rotatable bonds is 7. The molecule has 0 saturated heterocycles. The van der Waals surface area contributed by atoms with E-state index in [-0.39, 0.29) is 6.61 Å². The Labute approximate surface area is 161 Å². The summed E-state index contributed by atoms with van der Waals surface area (Å²) in [6.45, 7) is 2.37. The Morgan fingerprint density at radius 3 is 2.59 bits per heavy atom. The molecule has 0 aliphatic rings. The average molecular weight is 384 g/mol. The van der Waals surface area contributed by atoms with Gasteiger partial charge in [0.15, 0.2) is 5.13 Å². The molecule has 0 aliphatic heterocycles. The number of nitrogens with zero attached hydrogens (tertiary/aromatic N) is 1. The summed E-state index contributed by atoms with van der Waals surface area (Å²) in [7, 11) is 1.62. The monoisotopic (exact) mass is 384 g/mol. The highest BCUT2D eigenvalue weighted by Crippen LogP contribution is 2.29. The zero-order chi connectivity index (χ0) is 19.2. The molecule has 140 valence electrons. The van der Waals surface area contributed by atoms with Crippen LogP contribution in [-0.4, -0.2) is 24.7 Å². The Bertz CT molecular complexity index is 922. The van der Waals surface area contributed by atoms with Gasteiger partial charge >= 0.3 is 5.97 Å². The molecule has 2 N–H and O–H groups in total. The van der Waals surface area contributed by atoms with Crippen molar-refractivity contribution in [1.82, 2.24) is 4.98 Å². The van der Waals surface area contributed by atoms with Crippen molar-refractivity contribution in [2.24, 2.45) is 0 Å². The van der Waals surface area contributed by atoms with Gasteiger partial charge in [0, 0.05) is 10.9 Å². The Morgan fingerprint density at radius 1 is 1.19 bits per heavy atom. The zero-order valence-corrected chi connectivity index (χ0v) is 15.9. The van der Waals surface area contributed by atoms with E-state index < -0.39 is 5.97 Å². The number of esters is 1. The first-order valence-corrected chi connectivity index (χ1v) is 9.27. The van der Waals surface area contributed by atoms with Gasteiger partial charge in [0.1, 0.15) is 23.7 Å². The number of ether oxygens (including phenoxy) is 3. The lowest BCUT2D eigenvalue weighted by Crippen LogP contribution is -2.08. The van der Waals surface area contributed by atoms with Crippen LogP contribution in [0, 0.1) is 0 Å². The zero-order valence-electron chi connectivity index (χ0n) is 15.1. The van der Waals surface area contributed by atoms with E-state index in [2.05, 4.69) is 4.98 Å². The van der Waals surface area contributed by atoms with Crippen LogP contribution in [0.25, 0.3) is 11.3 Å². The standard InChI is InChI=1S/C20H20N2O4S/c1-3-25-19(23)16-10-14(17-12-27-20(21)22-17)6-9-18(16)26-11-13-4-7-15(24-2)8-5-13/h4-10,12H,3,11H2,1-2H3,(H2,21,22). The summed E-state index contributed by atoms with van der Waals surface area (Å²) in [5, 5.41) is 2.32. The number of hydrogen-bond acceptors (Lipinski definition) is 7.